The number of nitrogens with zero attached hydrogens (tertiary/aromatic N) is 5. The first-order valence-corrected chi connectivity index (χ1v) is 10.4. The fourth-order valence-corrected chi connectivity index (χ4v) is 4.76. The Morgan fingerprint density at radius 2 is 2.38 bits per heavy atom. The predicted molar refractivity (Wildman–Crippen MR) is 101 cm³/mol. The number of nitrogens with one attached hydrogen (secondary N) is 1. The van der Waals surface area contributed by atoms with Gasteiger partial charge in [0.2, 0.25) is 5.91 Å². The molecule has 3 aliphatic rings. The van der Waals surface area contributed by atoms with Gasteiger partial charge < -0.3 is 5.32 Å². The minimum atomic E-state index is 0.0692. The average molecular weight is 375 g/mol. The van der Waals surface area contributed by atoms with E-state index in [0.717, 1.165) is 51.0 Å². The predicted octanol–water partition coefficient (Wildman–Crippen LogP) is 2.43. The molecule has 1 amide bonds. The van der Waals surface area contributed by atoms with Crippen molar-refractivity contribution in [2.45, 2.75) is 51.6 Å². The number of hydrogen-bond donors (Lipinski definition) is 1. The van der Waals surface area contributed by atoms with Crippen LogP contribution in [0, 0.1) is 11.8 Å². The van der Waals surface area contributed by atoms with Crippen molar-refractivity contribution in [3.63, 3.8) is 0 Å². The Labute approximate surface area is 157 Å². The van der Waals surface area contributed by atoms with E-state index in [0.29, 0.717) is 17.1 Å². The first-order chi connectivity index (χ1) is 12.7. The summed E-state index contributed by atoms with van der Waals surface area (Å²) in [6, 6.07) is 0.457. The number of aromatic nitrogens is 4. The monoisotopic (exact) mass is 374 g/mol. The van der Waals surface area contributed by atoms with Gasteiger partial charge in [0.05, 0.1) is 18.2 Å². The largest absolute Gasteiger partial charge is 0.302 e. The third-order valence-corrected chi connectivity index (χ3v) is 6.34. The molecule has 1 N–H and O–H groups in total. The molecule has 4 atom stereocenters. The van der Waals surface area contributed by atoms with Crippen LogP contribution in [0.15, 0.2) is 17.8 Å². The summed E-state index contributed by atoms with van der Waals surface area (Å²) in [7, 11) is 0. The lowest BCUT2D eigenvalue weighted by molar-refractivity contribution is -0.127. The lowest BCUT2D eigenvalue weighted by Crippen LogP contribution is -2.57. The number of carbonyl (C=O) groups excluding carboxylic acids is 1. The molecule has 2 bridgehead atoms. The number of amides is 1. The molecule has 0 spiro atoms. The van der Waals surface area contributed by atoms with Crippen LogP contribution < -0.4 is 5.32 Å². The number of carbonyl (C=O) groups is 1. The van der Waals surface area contributed by atoms with E-state index in [4.69, 9.17) is 0 Å². The van der Waals surface area contributed by atoms with Crippen molar-refractivity contribution < 1.29 is 4.79 Å². The number of thiazole rings is 1. The van der Waals surface area contributed by atoms with Gasteiger partial charge in [-0.15, -0.1) is 16.4 Å². The highest BCUT2D eigenvalue weighted by Crippen LogP contribution is 2.37. The Morgan fingerprint density at radius 3 is 3.12 bits per heavy atom. The summed E-state index contributed by atoms with van der Waals surface area (Å²) in [6.45, 7) is 4.98. The van der Waals surface area contributed by atoms with Gasteiger partial charge in [0.15, 0.2) is 5.13 Å². The van der Waals surface area contributed by atoms with Crippen LogP contribution in [-0.4, -0.2) is 49.9 Å². The van der Waals surface area contributed by atoms with E-state index in [1.165, 1.54) is 17.8 Å². The first-order valence-electron chi connectivity index (χ1n) is 9.56. The van der Waals surface area contributed by atoms with E-state index in [2.05, 4.69) is 38.6 Å². The molecule has 0 radical (unpaired) electrons. The third kappa shape index (κ3) is 3.81. The Morgan fingerprint density at radius 1 is 1.46 bits per heavy atom. The Hall–Kier alpha value is -1.80. The van der Waals surface area contributed by atoms with Gasteiger partial charge in [-0.1, -0.05) is 18.6 Å². The lowest BCUT2D eigenvalue weighted by atomic mass is 9.75. The molecule has 0 aliphatic carbocycles. The zero-order valence-corrected chi connectivity index (χ0v) is 16.0. The van der Waals surface area contributed by atoms with Crippen LogP contribution in [0.2, 0.25) is 0 Å². The summed E-state index contributed by atoms with van der Waals surface area (Å²) >= 11 is 1.47. The summed E-state index contributed by atoms with van der Waals surface area (Å²) in [6.07, 6.45) is 9.31. The van der Waals surface area contributed by atoms with E-state index in [9.17, 15) is 4.79 Å². The summed E-state index contributed by atoms with van der Waals surface area (Å²) in [4.78, 5) is 19.2. The van der Waals surface area contributed by atoms with Crippen LogP contribution in [0.3, 0.4) is 0 Å². The smallest absolute Gasteiger partial charge is 0.230 e. The Bertz CT molecular complexity index is 730. The summed E-state index contributed by atoms with van der Waals surface area (Å²) < 4.78 is 1.99. The minimum absolute atomic E-state index is 0.0692. The number of fused-ring (bicyclic) bond motifs is 3. The van der Waals surface area contributed by atoms with Crippen molar-refractivity contribution in [2.75, 3.05) is 18.4 Å². The van der Waals surface area contributed by atoms with Gasteiger partial charge in [-0.3, -0.25) is 14.4 Å². The van der Waals surface area contributed by atoms with Gasteiger partial charge in [0.25, 0.3) is 0 Å². The molecule has 140 valence electrons. The lowest BCUT2D eigenvalue weighted by Gasteiger charge is -2.49. The van der Waals surface area contributed by atoms with Crippen LogP contribution in [-0.2, 0) is 17.8 Å². The van der Waals surface area contributed by atoms with Gasteiger partial charge in [0, 0.05) is 30.4 Å². The van der Waals surface area contributed by atoms with Crippen LogP contribution in [0.25, 0.3) is 0 Å². The molecule has 3 aliphatic heterocycles. The normalized spacial score (nSPS) is 27.6. The molecule has 3 saturated heterocycles. The van der Waals surface area contributed by atoms with E-state index in [-0.39, 0.29) is 11.8 Å². The second kappa shape index (κ2) is 7.84. The maximum absolute atomic E-state index is 12.6. The Balaban J connectivity index is 1.34. The van der Waals surface area contributed by atoms with Gasteiger partial charge in [-0.2, -0.15) is 0 Å². The first kappa shape index (κ1) is 17.6. The van der Waals surface area contributed by atoms with E-state index in [1.807, 2.05) is 10.1 Å². The summed E-state index contributed by atoms with van der Waals surface area (Å²) in [5.41, 5.74) is 1.09. The molecule has 2 aromatic rings. The number of piperidine rings is 3. The van der Waals surface area contributed by atoms with Crippen molar-refractivity contribution in [1.29, 1.82) is 0 Å². The maximum Gasteiger partial charge on any atom is 0.230 e. The highest BCUT2D eigenvalue weighted by molar-refractivity contribution is 7.13. The van der Waals surface area contributed by atoms with E-state index >= 15 is 0 Å². The van der Waals surface area contributed by atoms with Crippen molar-refractivity contribution in [3.8, 4) is 0 Å². The van der Waals surface area contributed by atoms with E-state index in [1.54, 1.807) is 6.20 Å². The van der Waals surface area contributed by atoms with Gasteiger partial charge in [-0.05, 0) is 38.1 Å². The summed E-state index contributed by atoms with van der Waals surface area (Å²) in [5, 5.41) is 14.2. The molecular weight excluding hydrogens is 348 g/mol. The quantitative estimate of drug-likeness (QED) is 0.805. The zero-order valence-electron chi connectivity index (χ0n) is 15.2. The van der Waals surface area contributed by atoms with Crippen molar-refractivity contribution >= 4 is 22.4 Å². The van der Waals surface area contributed by atoms with Gasteiger partial charge >= 0.3 is 0 Å². The third-order valence-electron chi connectivity index (χ3n) is 5.65. The molecule has 26 heavy (non-hydrogen) atoms. The maximum atomic E-state index is 12.6. The van der Waals surface area contributed by atoms with E-state index < -0.39 is 0 Å². The number of unbranched alkanes of at least 4 members (excludes halogenated alkanes) is 1. The van der Waals surface area contributed by atoms with Crippen molar-refractivity contribution in [3.05, 3.63) is 23.5 Å². The highest BCUT2D eigenvalue weighted by atomic mass is 32.1. The van der Waals surface area contributed by atoms with Crippen molar-refractivity contribution in [1.82, 2.24) is 24.9 Å². The molecule has 5 heterocycles. The molecule has 8 heteroatoms. The van der Waals surface area contributed by atoms with Crippen molar-refractivity contribution in [2.24, 2.45) is 11.8 Å². The highest BCUT2D eigenvalue weighted by Gasteiger charge is 2.43. The number of rotatable bonds is 7. The SMILES string of the molecule is CCCCc1cn(C[C@H]2CC3CCN2C[C@@H]3C(=O)Nc2nccs2)nn1. The second-order valence-corrected chi connectivity index (χ2v) is 8.30. The molecular formula is C18H26N6OS. The van der Waals surface area contributed by atoms with Gasteiger partial charge in [0.1, 0.15) is 0 Å². The number of anilines is 1. The molecule has 0 saturated carbocycles. The molecule has 7 nitrogen and oxygen atoms in total. The summed E-state index contributed by atoms with van der Waals surface area (Å²) in [5.74, 6) is 0.642. The fraction of sp³-hybridized carbons (Fsp3) is 0.667. The molecule has 5 rings (SSSR count). The fourth-order valence-electron chi connectivity index (χ4n) is 4.22. The molecule has 0 aromatic carbocycles. The number of aryl methyl sites for hydroxylation is 1. The minimum Gasteiger partial charge on any atom is -0.302 e. The van der Waals surface area contributed by atoms with Gasteiger partial charge in [-0.25, -0.2) is 4.98 Å². The average Bonchev–Trinajstić information content (AvgIpc) is 3.32. The molecule has 2 aromatic heterocycles. The standard InChI is InChI=1S/C18H26N6OS/c1-2-3-4-14-10-24(22-21-14)11-15-9-13-5-7-23(15)12-16(13)17(25)20-18-19-6-8-26-18/h6,8,10,13,15-16H,2-5,7,9,11-12H2,1H3,(H,19,20,25)/t13?,15-,16+/m1/s1. The topological polar surface area (TPSA) is 75.9 Å². The van der Waals surface area contributed by atoms with Crippen LogP contribution in [0.5, 0.6) is 0 Å². The van der Waals surface area contributed by atoms with Crippen LogP contribution in [0.1, 0.15) is 38.3 Å². The number of hydrogen-bond acceptors (Lipinski definition) is 6. The molecule has 2 unspecified atom stereocenters. The second-order valence-electron chi connectivity index (χ2n) is 7.40. The van der Waals surface area contributed by atoms with Crippen LogP contribution >= 0.6 is 11.3 Å². The van der Waals surface area contributed by atoms with Crippen LogP contribution in [0.4, 0.5) is 5.13 Å². The zero-order chi connectivity index (χ0) is 17.9. The Kier molecular flexibility index (Phi) is 5.31. The molecule has 3 fully saturated rings.